The highest BCUT2D eigenvalue weighted by molar-refractivity contribution is 7.13. The Morgan fingerprint density at radius 2 is 1.59 bits per heavy atom. The smallest absolute Gasteiger partial charge is 0.231 e. The zero-order chi connectivity index (χ0) is 23.1. The van der Waals surface area contributed by atoms with Crippen molar-refractivity contribution < 1.29 is 4.57 Å². The maximum atomic E-state index is 6.82. The minimum absolute atomic E-state index is 0.0383. The fraction of sp³-hybridized carbons (Fsp3) is 0.138. The molecule has 4 aromatic rings. The van der Waals surface area contributed by atoms with Gasteiger partial charge in [-0.1, -0.05) is 101 Å². The van der Waals surface area contributed by atoms with E-state index in [2.05, 4.69) is 69.9 Å². The molecule has 0 spiro atoms. The van der Waals surface area contributed by atoms with Gasteiger partial charge in [0.15, 0.2) is 6.04 Å². The first-order valence-corrected chi connectivity index (χ1v) is 13.1. The standard InChI is InChI=1S/C29H22Cl2N2S/c30-24-15-6-4-11-20(24)17-21-12-8-14-23-27(21)32-29-33(28(23)22-13-5-7-16-25(22)31)26(18-34-29)19-9-2-1-3-10-19/h1-7,9-11,13,15-18,28H,8,12,14H2/p+1/b21-17+. The van der Waals surface area contributed by atoms with E-state index in [0.717, 1.165) is 45.6 Å². The lowest BCUT2D eigenvalue weighted by Gasteiger charge is -2.31. The SMILES string of the molecule is Clc1ccccc1/C=C1\CCCC2=C1Nc1scc(-c3ccccc3)[n+]1C2c1ccccc1Cl. The molecule has 2 heterocycles. The molecule has 34 heavy (non-hydrogen) atoms. The Labute approximate surface area is 213 Å². The summed E-state index contributed by atoms with van der Waals surface area (Å²) >= 11 is 15.1. The minimum atomic E-state index is 0.0383. The van der Waals surface area contributed by atoms with Gasteiger partial charge in [0, 0.05) is 32.1 Å². The number of benzene rings is 3. The van der Waals surface area contributed by atoms with Crippen molar-refractivity contribution in [2.75, 3.05) is 5.32 Å². The number of halogens is 2. The fourth-order valence-electron chi connectivity index (χ4n) is 5.07. The average Bonchev–Trinajstić information content (AvgIpc) is 3.29. The molecule has 1 aromatic heterocycles. The molecule has 2 aliphatic rings. The Morgan fingerprint density at radius 1 is 0.853 bits per heavy atom. The Hall–Kier alpha value is -2.85. The molecule has 5 heteroatoms. The highest BCUT2D eigenvalue weighted by Crippen LogP contribution is 2.45. The third-order valence-electron chi connectivity index (χ3n) is 6.62. The monoisotopic (exact) mass is 501 g/mol. The molecule has 0 amide bonds. The summed E-state index contributed by atoms with van der Waals surface area (Å²) in [4.78, 5) is 0. The first kappa shape index (κ1) is 21.7. The maximum absolute atomic E-state index is 6.82. The van der Waals surface area contributed by atoms with Crippen LogP contribution in [0.25, 0.3) is 17.3 Å². The Kier molecular flexibility index (Phi) is 5.78. The molecule has 168 valence electrons. The summed E-state index contributed by atoms with van der Waals surface area (Å²) < 4.78 is 2.43. The molecular formula is C29H23Cl2N2S+. The van der Waals surface area contributed by atoms with Gasteiger partial charge in [-0.2, -0.15) is 0 Å². The van der Waals surface area contributed by atoms with Crippen molar-refractivity contribution in [3.8, 4) is 11.3 Å². The van der Waals surface area contributed by atoms with Crippen LogP contribution in [0, 0.1) is 0 Å². The van der Waals surface area contributed by atoms with E-state index in [1.807, 2.05) is 30.3 Å². The van der Waals surface area contributed by atoms with E-state index in [1.165, 1.54) is 28.1 Å². The molecule has 0 saturated heterocycles. The lowest BCUT2D eigenvalue weighted by atomic mass is 9.83. The van der Waals surface area contributed by atoms with Gasteiger partial charge in [0.2, 0.25) is 0 Å². The third-order valence-corrected chi connectivity index (χ3v) is 8.17. The van der Waals surface area contributed by atoms with Gasteiger partial charge in [-0.3, -0.25) is 0 Å². The lowest BCUT2D eigenvalue weighted by Crippen LogP contribution is -2.48. The van der Waals surface area contributed by atoms with Crippen molar-refractivity contribution in [2.24, 2.45) is 0 Å². The van der Waals surface area contributed by atoms with Crippen LogP contribution in [0.5, 0.6) is 0 Å². The molecule has 0 bridgehead atoms. The minimum Gasteiger partial charge on any atom is -0.231 e. The van der Waals surface area contributed by atoms with Crippen molar-refractivity contribution >= 4 is 45.7 Å². The molecule has 3 aromatic carbocycles. The summed E-state index contributed by atoms with van der Waals surface area (Å²) in [5.41, 5.74) is 8.50. The predicted molar refractivity (Wildman–Crippen MR) is 143 cm³/mol. The number of nitrogens with one attached hydrogen (secondary N) is 1. The van der Waals surface area contributed by atoms with E-state index < -0.39 is 0 Å². The molecule has 1 aliphatic heterocycles. The summed E-state index contributed by atoms with van der Waals surface area (Å²) in [6, 6.07) is 26.9. The highest BCUT2D eigenvalue weighted by Gasteiger charge is 2.41. The number of aromatic nitrogens is 1. The first-order chi connectivity index (χ1) is 16.7. The molecule has 0 fully saturated rings. The fourth-order valence-corrected chi connectivity index (χ4v) is 6.45. The summed E-state index contributed by atoms with van der Waals surface area (Å²) in [6.07, 6.45) is 5.38. The Morgan fingerprint density at radius 3 is 2.38 bits per heavy atom. The van der Waals surface area contributed by atoms with Crippen molar-refractivity contribution in [2.45, 2.75) is 25.3 Å². The normalized spacial score (nSPS) is 18.4. The second kappa shape index (κ2) is 9.07. The second-order valence-electron chi connectivity index (χ2n) is 8.66. The molecule has 1 N–H and O–H groups in total. The van der Waals surface area contributed by atoms with E-state index in [0.29, 0.717) is 0 Å². The van der Waals surface area contributed by atoms with Crippen LogP contribution in [-0.4, -0.2) is 0 Å². The molecule has 0 radical (unpaired) electrons. The zero-order valence-corrected chi connectivity index (χ0v) is 20.8. The third kappa shape index (κ3) is 3.78. The molecule has 1 unspecified atom stereocenters. The first-order valence-electron chi connectivity index (χ1n) is 11.5. The van der Waals surface area contributed by atoms with Crippen molar-refractivity contribution in [3.63, 3.8) is 0 Å². The van der Waals surface area contributed by atoms with Crippen LogP contribution in [0.3, 0.4) is 0 Å². The number of hydrogen-bond acceptors (Lipinski definition) is 2. The summed E-state index contributed by atoms with van der Waals surface area (Å²) in [5.74, 6) is 0. The van der Waals surface area contributed by atoms with Gasteiger partial charge in [0.05, 0.1) is 0 Å². The summed E-state index contributed by atoms with van der Waals surface area (Å²) in [6.45, 7) is 0. The van der Waals surface area contributed by atoms with Crippen LogP contribution in [0.1, 0.15) is 36.4 Å². The van der Waals surface area contributed by atoms with E-state index in [4.69, 9.17) is 23.2 Å². The molecule has 1 aliphatic carbocycles. The number of thiazole rings is 1. The summed E-state index contributed by atoms with van der Waals surface area (Å²) in [7, 11) is 0. The van der Waals surface area contributed by atoms with Gasteiger partial charge in [-0.05, 0) is 48.6 Å². The number of nitrogens with zero attached hydrogens (tertiary/aromatic N) is 1. The van der Waals surface area contributed by atoms with Gasteiger partial charge >= 0.3 is 5.13 Å². The highest BCUT2D eigenvalue weighted by atomic mass is 35.5. The lowest BCUT2D eigenvalue weighted by molar-refractivity contribution is -0.679. The molecule has 0 saturated carbocycles. The average molecular weight is 502 g/mol. The largest absolute Gasteiger partial charge is 0.340 e. The van der Waals surface area contributed by atoms with Crippen LogP contribution in [0.4, 0.5) is 5.13 Å². The van der Waals surface area contributed by atoms with Gasteiger partial charge in [-0.25, -0.2) is 9.88 Å². The van der Waals surface area contributed by atoms with Crippen LogP contribution >= 0.6 is 34.5 Å². The molecule has 6 rings (SSSR count). The Balaban J connectivity index is 1.57. The Bertz CT molecular complexity index is 1440. The number of anilines is 1. The molecular weight excluding hydrogens is 479 g/mol. The number of allylic oxidation sites excluding steroid dienone is 2. The number of rotatable bonds is 3. The van der Waals surface area contributed by atoms with Crippen LogP contribution in [0.2, 0.25) is 10.0 Å². The maximum Gasteiger partial charge on any atom is 0.340 e. The molecule has 1 atom stereocenters. The van der Waals surface area contributed by atoms with E-state index in [1.54, 1.807) is 11.3 Å². The van der Waals surface area contributed by atoms with Crippen molar-refractivity contribution in [3.05, 3.63) is 122 Å². The zero-order valence-electron chi connectivity index (χ0n) is 18.5. The van der Waals surface area contributed by atoms with Gasteiger partial charge < -0.3 is 0 Å². The number of hydrogen-bond donors (Lipinski definition) is 1. The van der Waals surface area contributed by atoms with E-state index in [-0.39, 0.29) is 6.04 Å². The second-order valence-corrected chi connectivity index (χ2v) is 10.3. The van der Waals surface area contributed by atoms with Gasteiger partial charge in [-0.15, -0.1) is 0 Å². The van der Waals surface area contributed by atoms with Crippen LogP contribution < -0.4 is 9.88 Å². The van der Waals surface area contributed by atoms with Crippen LogP contribution in [0.15, 0.2) is 101 Å². The van der Waals surface area contributed by atoms with E-state index >= 15 is 0 Å². The summed E-state index contributed by atoms with van der Waals surface area (Å²) in [5, 5.41) is 8.75. The van der Waals surface area contributed by atoms with Gasteiger partial charge in [0.1, 0.15) is 11.4 Å². The molecule has 2 nitrogen and oxygen atoms in total. The van der Waals surface area contributed by atoms with Crippen molar-refractivity contribution in [1.82, 2.24) is 0 Å². The van der Waals surface area contributed by atoms with E-state index in [9.17, 15) is 0 Å². The number of fused-ring (bicyclic) bond motifs is 1. The topological polar surface area (TPSA) is 15.9 Å². The van der Waals surface area contributed by atoms with Crippen LogP contribution in [-0.2, 0) is 0 Å². The quantitative estimate of drug-likeness (QED) is 0.278. The predicted octanol–water partition coefficient (Wildman–Crippen LogP) is 8.55. The van der Waals surface area contributed by atoms with Crippen molar-refractivity contribution in [1.29, 1.82) is 0 Å². The van der Waals surface area contributed by atoms with Gasteiger partial charge in [0.25, 0.3) is 0 Å².